The van der Waals surface area contributed by atoms with Crippen LogP contribution >= 0.6 is 11.6 Å². The number of rotatable bonds is 6. The molecular weight excluding hydrogens is 264 g/mol. The third-order valence-corrected chi connectivity index (χ3v) is 2.69. The molecule has 2 aromatic rings. The van der Waals surface area contributed by atoms with Crippen LogP contribution < -0.4 is 14.8 Å². The maximum atomic E-state index is 5.79. The number of aromatic nitrogens is 1. The van der Waals surface area contributed by atoms with Gasteiger partial charge in [0.25, 0.3) is 0 Å². The largest absolute Gasteiger partial charge is 0.497 e. The Kier molecular flexibility index (Phi) is 4.86. The van der Waals surface area contributed by atoms with Crippen molar-refractivity contribution in [2.75, 3.05) is 25.6 Å². The summed E-state index contributed by atoms with van der Waals surface area (Å²) >= 11 is 5.79. The first kappa shape index (κ1) is 13.5. The van der Waals surface area contributed by atoms with E-state index in [1.54, 1.807) is 19.4 Å². The van der Waals surface area contributed by atoms with Gasteiger partial charge < -0.3 is 14.8 Å². The van der Waals surface area contributed by atoms with E-state index in [0.717, 1.165) is 17.2 Å². The van der Waals surface area contributed by atoms with Gasteiger partial charge in [-0.3, -0.25) is 0 Å². The van der Waals surface area contributed by atoms with Crippen molar-refractivity contribution in [3.05, 3.63) is 47.7 Å². The van der Waals surface area contributed by atoms with Crippen LogP contribution in [0.25, 0.3) is 0 Å². The minimum absolute atomic E-state index is 0.473. The molecule has 0 amide bonds. The van der Waals surface area contributed by atoms with E-state index in [1.165, 1.54) is 0 Å². The lowest BCUT2D eigenvalue weighted by atomic mass is 10.3. The molecule has 0 fully saturated rings. The standard InChI is InChI=1S/C14H15ClN2O2/c1-18-12-2-4-13(5-3-12)19-9-8-16-11-6-7-17-14(15)10-11/h2-7,10H,8-9H2,1H3,(H,16,17). The van der Waals surface area contributed by atoms with Crippen LogP contribution in [0.15, 0.2) is 42.6 Å². The van der Waals surface area contributed by atoms with E-state index in [2.05, 4.69) is 10.3 Å². The summed E-state index contributed by atoms with van der Waals surface area (Å²) in [6.07, 6.45) is 1.66. The molecule has 100 valence electrons. The molecule has 4 nitrogen and oxygen atoms in total. The van der Waals surface area contributed by atoms with Crippen LogP contribution in [0.2, 0.25) is 5.15 Å². The zero-order valence-electron chi connectivity index (χ0n) is 10.6. The second kappa shape index (κ2) is 6.85. The van der Waals surface area contributed by atoms with E-state index in [0.29, 0.717) is 18.3 Å². The summed E-state index contributed by atoms with van der Waals surface area (Å²) in [4.78, 5) is 3.91. The number of pyridine rings is 1. The van der Waals surface area contributed by atoms with Gasteiger partial charge in [-0.2, -0.15) is 0 Å². The predicted octanol–water partition coefficient (Wildman–Crippen LogP) is 3.23. The zero-order chi connectivity index (χ0) is 13.5. The van der Waals surface area contributed by atoms with Crippen molar-refractivity contribution < 1.29 is 9.47 Å². The molecule has 1 heterocycles. The van der Waals surface area contributed by atoms with Crippen molar-refractivity contribution in [1.82, 2.24) is 4.98 Å². The van der Waals surface area contributed by atoms with Gasteiger partial charge in [0.05, 0.1) is 7.11 Å². The van der Waals surface area contributed by atoms with Gasteiger partial charge in [-0.05, 0) is 36.4 Å². The minimum Gasteiger partial charge on any atom is -0.497 e. The number of nitrogens with zero attached hydrogens (tertiary/aromatic N) is 1. The van der Waals surface area contributed by atoms with E-state index in [1.807, 2.05) is 30.3 Å². The fraction of sp³-hybridized carbons (Fsp3) is 0.214. The average Bonchev–Trinajstić information content (AvgIpc) is 2.44. The Morgan fingerprint density at radius 1 is 1.16 bits per heavy atom. The molecule has 0 saturated heterocycles. The highest BCUT2D eigenvalue weighted by Gasteiger charge is 1.96. The number of halogens is 1. The van der Waals surface area contributed by atoms with E-state index >= 15 is 0 Å². The summed E-state index contributed by atoms with van der Waals surface area (Å²) in [5.74, 6) is 1.63. The molecule has 0 aliphatic heterocycles. The second-order valence-corrected chi connectivity index (χ2v) is 4.21. The number of nitrogens with one attached hydrogen (secondary N) is 1. The highest BCUT2D eigenvalue weighted by molar-refractivity contribution is 6.29. The van der Waals surface area contributed by atoms with Crippen molar-refractivity contribution in [2.45, 2.75) is 0 Å². The number of hydrogen-bond acceptors (Lipinski definition) is 4. The van der Waals surface area contributed by atoms with Gasteiger partial charge in [0.15, 0.2) is 0 Å². The molecule has 0 aliphatic rings. The molecule has 1 aromatic heterocycles. The van der Waals surface area contributed by atoms with Crippen molar-refractivity contribution in [3.8, 4) is 11.5 Å². The number of ether oxygens (including phenoxy) is 2. The first-order valence-electron chi connectivity index (χ1n) is 5.90. The Balaban J connectivity index is 1.74. The molecule has 0 radical (unpaired) electrons. The van der Waals surface area contributed by atoms with Crippen molar-refractivity contribution in [1.29, 1.82) is 0 Å². The molecule has 0 bridgehead atoms. The number of anilines is 1. The summed E-state index contributed by atoms with van der Waals surface area (Å²) in [5, 5.41) is 3.68. The van der Waals surface area contributed by atoms with E-state index in [-0.39, 0.29) is 0 Å². The quantitative estimate of drug-likeness (QED) is 0.651. The lowest BCUT2D eigenvalue weighted by Crippen LogP contribution is -2.11. The third-order valence-electron chi connectivity index (χ3n) is 2.49. The lowest BCUT2D eigenvalue weighted by Gasteiger charge is -2.09. The number of methoxy groups -OCH3 is 1. The fourth-order valence-corrected chi connectivity index (χ4v) is 1.72. The summed E-state index contributed by atoms with van der Waals surface area (Å²) in [6, 6.07) is 11.1. The van der Waals surface area contributed by atoms with Gasteiger partial charge in [-0.25, -0.2) is 4.98 Å². The Hall–Kier alpha value is -1.94. The summed E-state index contributed by atoms with van der Waals surface area (Å²) in [7, 11) is 1.64. The van der Waals surface area contributed by atoms with Crippen molar-refractivity contribution in [2.24, 2.45) is 0 Å². The molecule has 0 atom stereocenters. The Labute approximate surface area is 117 Å². The van der Waals surface area contributed by atoms with Gasteiger partial charge in [0.1, 0.15) is 23.3 Å². The minimum atomic E-state index is 0.473. The molecule has 1 N–H and O–H groups in total. The monoisotopic (exact) mass is 278 g/mol. The summed E-state index contributed by atoms with van der Waals surface area (Å²) in [6.45, 7) is 1.25. The van der Waals surface area contributed by atoms with Crippen LogP contribution in [0.4, 0.5) is 5.69 Å². The van der Waals surface area contributed by atoms with Gasteiger partial charge >= 0.3 is 0 Å². The molecular formula is C14H15ClN2O2. The SMILES string of the molecule is COc1ccc(OCCNc2ccnc(Cl)c2)cc1. The predicted molar refractivity (Wildman–Crippen MR) is 76.2 cm³/mol. The smallest absolute Gasteiger partial charge is 0.131 e. The molecule has 0 aliphatic carbocycles. The van der Waals surface area contributed by atoms with Gasteiger partial charge in [-0.15, -0.1) is 0 Å². The lowest BCUT2D eigenvalue weighted by molar-refractivity contribution is 0.332. The van der Waals surface area contributed by atoms with Crippen LogP contribution in [0.5, 0.6) is 11.5 Å². The van der Waals surface area contributed by atoms with Crippen LogP contribution in [0.1, 0.15) is 0 Å². The summed E-state index contributed by atoms with van der Waals surface area (Å²) < 4.78 is 10.7. The van der Waals surface area contributed by atoms with Crippen LogP contribution in [0.3, 0.4) is 0 Å². The first-order chi connectivity index (χ1) is 9.28. The fourth-order valence-electron chi connectivity index (χ4n) is 1.55. The third kappa shape index (κ3) is 4.34. The molecule has 5 heteroatoms. The Morgan fingerprint density at radius 3 is 2.58 bits per heavy atom. The molecule has 0 unspecified atom stereocenters. The maximum Gasteiger partial charge on any atom is 0.131 e. The molecule has 2 rings (SSSR count). The zero-order valence-corrected chi connectivity index (χ0v) is 11.4. The van der Waals surface area contributed by atoms with Gasteiger partial charge in [-0.1, -0.05) is 11.6 Å². The molecule has 0 spiro atoms. The highest BCUT2D eigenvalue weighted by Crippen LogP contribution is 2.17. The van der Waals surface area contributed by atoms with Crippen molar-refractivity contribution >= 4 is 17.3 Å². The normalized spacial score (nSPS) is 10.0. The van der Waals surface area contributed by atoms with E-state index in [9.17, 15) is 0 Å². The average molecular weight is 279 g/mol. The molecule has 0 saturated carbocycles. The summed E-state index contributed by atoms with van der Waals surface area (Å²) in [5.41, 5.74) is 0.929. The topological polar surface area (TPSA) is 43.4 Å². The van der Waals surface area contributed by atoms with Crippen LogP contribution in [-0.4, -0.2) is 25.2 Å². The van der Waals surface area contributed by atoms with Crippen LogP contribution in [0, 0.1) is 0 Å². The number of benzene rings is 1. The first-order valence-corrected chi connectivity index (χ1v) is 6.28. The molecule has 1 aromatic carbocycles. The Morgan fingerprint density at radius 2 is 1.89 bits per heavy atom. The second-order valence-electron chi connectivity index (χ2n) is 3.82. The van der Waals surface area contributed by atoms with Gasteiger partial charge in [0, 0.05) is 18.4 Å². The van der Waals surface area contributed by atoms with E-state index < -0.39 is 0 Å². The van der Waals surface area contributed by atoms with E-state index in [4.69, 9.17) is 21.1 Å². The van der Waals surface area contributed by atoms with Crippen LogP contribution in [-0.2, 0) is 0 Å². The highest BCUT2D eigenvalue weighted by atomic mass is 35.5. The maximum absolute atomic E-state index is 5.79. The van der Waals surface area contributed by atoms with Gasteiger partial charge in [0.2, 0.25) is 0 Å². The number of hydrogen-bond donors (Lipinski definition) is 1. The van der Waals surface area contributed by atoms with Crippen molar-refractivity contribution in [3.63, 3.8) is 0 Å². The Bertz CT molecular complexity index is 517. The molecule has 19 heavy (non-hydrogen) atoms.